The van der Waals surface area contributed by atoms with E-state index in [1.54, 1.807) is 49.4 Å². The van der Waals surface area contributed by atoms with Crippen molar-refractivity contribution in [3.63, 3.8) is 0 Å². The second kappa shape index (κ2) is 10.2. The highest BCUT2D eigenvalue weighted by atomic mass is 35.5. The Labute approximate surface area is 228 Å². The highest BCUT2D eigenvalue weighted by Crippen LogP contribution is 2.36. The Morgan fingerprint density at radius 2 is 1.64 bits per heavy atom. The van der Waals surface area contributed by atoms with Crippen LogP contribution in [0.4, 0.5) is 20.2 Å². The molecule has 0 fully saturated rings. The van der Waals surface area contributed by atoms with Gasteiger partial charge >= 0.3 is 0 Å². The molecule has 0 saturated heterocycles. The number of nitrogens with one attached hydrogen (secondary N) is 1. The van der Waals surface area contributed by atoms with Gasteiger partial charge in [0.05, 0.1) is 15.6 Å². The number of fused-ring (bicyclic) bond motifs is 1. The summed E-state index contributed by atoms with van der Waals surface area (Å²) < 4.78 is 52.2. The van der Waals surface area contributed by atoms with Crippen LogP contribution in [-0.2, 0) is 10.0 Å². The van der Waals surface area contributed by atoms with Crippen molar-refractivity contribution in [2.45, 2.75) is 11.8 Å². The summed E-state index contributed by atoms with van der Waals surface area (Å²) in [6, 6.07) is 23.2. The van der Waals surface area contributed by atoms with Crippen LogP contribution in [0.15, 0.2) is 95.9 Å². The highest BCUT2D eigenvalue weighted by Gasteiger charge is 2.21. The van der Waals surface area contributed by atoms with E-state index >= 15 is 0 Å². The molecule has 0 saturated carbocycles. The molecule has 9 heteroatoms. The van der Waals surface area contributed by atoms with Gasteiger partial charge in [0.1, 0.15) is 11.6 Å². The standard InChI is InChI=1S/C30H21ClF2N2O3S/c1-17-6-7-19(29-22-5-3-2-4-18(22)8-13-28(29)39(34,37)38)14-24(17)30(36)23-11-10-21(16-25(23)31)35-27-12-9-20(32)15-26(27)33/h2-16,35H,1H3,(H2,34,37,38). The van der Waals surface area contributed by atoms with Gasteiger partial charge in [-0.2, -0.15) is 0 Å². The minimum Gasteiger partial charge on any atom is -0.353 e. The summed E-state index contributed by atoms with van der Waals surface area (Å²) in [6.45, 7) is 1.77. The van der Waals surface area contributed by atoms with Crippen LogP contribution >= 0.6 is 11.6 Å². The SMILES string of the molecule is Cc1ccc(-c2c(S(N)(=O)=O)ccc3ccccc23)cc1C(=O)c1ccc(Nc2ccc(F)cc2F)cc1Cl. The van der Waals surface area contributed by atoms with E-state index in [-0.39, 0.29) is 27.0 Å². The Bertz CT molecular complexity index is 1890. The largest absolute Gasteiger partial charge is 0.353 e. The maximum absolute atomic E-state index is 14.1. The second-order valence-electron chi connectivity index (χ2n) is 9.01. The molecule has 39 heavy (non-hydrogen) atoms. The number of ketones is 1. The van der Waals surface area contributed by atoms with Crippen molar-refractivity contribution in [3.8, 4) is 11.1 Å². The molecule has 5 aromatic carbocycles. The Morgan fingerprint density at radius 3 is 2.36 bits per heavy atom. The summed E-state index contributed by atoms with van der Waals surface area (Å²) in [5, 5.41) is 9.98. The normalized spacial score (nSPS) is 11.5. The van der Waals surface area contributed by atoms with Gasteiger partial charge < -0.3 is 5.32 Å². The van der Waals surface area contributed by atoms with Crippen LogP contribution in [0.25, 0.3) is 21.9 Å². The van der Waals surface area contributed by atoms with Crippen LogP contribution in [0.3, 0.4) is 0 Å². The lowest BCUT2D eigenvalue weighted by molar-refractivity contribution is 0.103. The molecule has 0 heterocycles. The summed E-state index contributed by atoms with van der Waals surface area (Å²) in [4.78, 5) is 13.6. The Balaban J connectivity index is 1.56. The molecule has 0 unspecified atom stereocenters. The van der Waals surface area contributed by atoms with Crippen molar-refractivity contribution < 1.29 is 22.0 Å². The first-order valence-corrected chi connectivity index (χ1v) is 13.7. The number of aryl methyl sites for hydroxylation is 1. The molecule has 0 atom stereocenters. The summed E-state index contributed by atoms with van der Waals surface area (Å²) in [7, 11) is -4.07. The van der Waals surface area contributed by atoms with E-state index < -0.39 is 21.7 Å². The maximum atomic E-state index is 14.1. The fourth-order valence-corrected chi connectivity index (χ4v) is 5.51. The first-order valence-electron chi connectivity index (χ1n) is 11.7. The molecule has 0 radical (unpaired) electrons. The first kappa shape index (κ1) is 26.5. The van der Waals surface area contributed by atoms with Gasteiger partial charge in [-0.15, -0.1) is 0 Å². The number of primary sulfonamides is 1. The van der Waals surface area contributed by atoms with Crippen LogP contribution in [-0.4, -0.2) is 14.2 Å². The number of carbonyl (C=O) groups excluding carboxylic acids is 1. The number of anilines is 2. The molecule has 0 aromatic heterocycles. The van der Waals surface area contributed by atoms with Crippen molar-refractivity contribution in [3.05, 3.63) is 124 Å². The van der Waals surface area contributed by atoms with E-state index in [1.165, 1.54) is 24.3 Å². The van der Waals surface area contributed by atoms with Gasteiger partial charge in [-0.3, -0.25) is 4.79 Å². The quantitative estimate of drug-likeness (QED) is 0.211. The molecule has 0 spiro atoms. The van der Waals surface area contributed by atoms with Crippen molar-refractivity contribution in [1.29, 1.82) is 0 Å². The fourth-order valence-electron chi connectivity index (χ4n) is 4.48. The third kappa shape index (κ3) is 5.27. The lowest BCUT2D eigenvalue weighted by atomic mass is 9.92. The fraction of sp³-hybridized carbons (Fsp3) is 0.0333. The number of rotatable bonds is 6. The topological polar surface area (TPSA) is 89.3 Å². The molecule has 0 aliphatic heterocycles. The zero-order valence-corrected chi connectivity index (χ0v) is 22.1. The molecule has 5 nitrogen and oxygen atoms in total. The summed E-state index contributed by atoms with van der Waals surface area (Å²) in [6.07, 6.45) is 0. The lowest BCUT2D eigenvalue weighted by Crippen LogP contribution is -2.14. The number of hydrogen-bond acceptors (Lipinski definition) is 4. The minimum atomic E-state index is -4.07. The van der Waals surface area contributed by atoms with Crippen LogP contribution in [0.1, 0.15) is 21.5 Å². The van der Waals surface area contributed by atoms with Gasteiger partial charge in [-0.25, -0.2) is 22.3 Å². The van der Waals surface area contributed by atoms with E-state index in [1.807, 2.05) is 12.1 Å². The van der Waals surface area contributed by atoms with Crippen molar-refractivity contribution >= 4 is 49.6 Å². The van der Waals surface area contributed by atoms with Gasteiger partial charge in [0.15, 0.2) is 5.78 Å². The van der Waals surface area contributed by atoms with E-state index in [0.717, 1.165) is 17.5 Å². The predicted octanol–water partition coefficient (Wildman–Crippen LogP) is 7.37. The zero-order chi connectivity index (χ0) is 27.9. The van der Waals surface area contributed by atoms with Gasteiger partial charge in [0.2, 0.25) is 10.0 Å². The highest BCUT2D eigenvalue weighted by molar-refractivity contribution is 7.89. The first-order chi connectivity index (χ1) is 18.5. The number of hydrogen-bond donors (Lipinski definition) is 2. The molecular weight excluding hydrogens is 542 g/mol. The van der Waals surface area contributed by atoms with Gasteiger partial charge in [-0.05, 0) is 71.3 Å². The number of carbonyl (C=O) groups is 1. The Morgan fingerprint density at radius 1 is 0.872 bits per heavy atom. The molecule has 0 aliphatic carbocycles. The summed E-state index contributed by atoms with van der Waals surface area (Å²) in [5.41, 5.74) is 2.55. The Kier molecular flexibility index (Phi) is 6.94. The predicted molar refractivity (Wildman–Crippen MR) is 150 cm³/mol. The molecule has 5 aromatic rings. The van der Waals surface area contributed by atoms with Crippen molar-refractivity contribution in [2.75, 3.05) is 5.32 Å². The monoisotopic (exact) mass is 562 g/mol. The molecule has 3 N–H and O–H groups in total. The van der Waals surface area contributed by atoms with Crippen LogP contribution < -0.4 is 10.5 Å². The van der Waals surface area contributed by atoms with E-state index in [0.29, 0.717) is 33.3 Å². The molecule has 5 rings (SSSR count). The second-order valence-corrected chi connectivity index (χ2v) is 10.9. The number of benzene rings is 5. The van der Waals surface area contributed by atoms with Crippen LogP contribution in [0, 0.1) is 18.6 Å². The number of sulfonamides is 1. The average molecular weight is 563 g/mol. The van der Waals surface area contributed by atoms with E-state index in [4.69, 9.17) is 16.7 Å². The molecule has 0 aliphatic rings. The third-order valence-corrected chi connectivity index (χ3v) is 7.66. The molecule has 0 bridgehead atoms. The minimum absolute atomic E-state index is 0.0510. The molecular formula is C30H21ClF2N2O3S. The number of halogens is 3. The van der Waals surface area contributed by atoms with E-state index in [9.17, 15) is 22.0 Å². The van der Waals surface area contributed by atoms with Gasteiger partial charge in [-0.1, -0.05) is 54.1 Å². The Hall–Kier alpha value is -4.11. The van der Waals surface area contributed by atoms with Crippen LogP contribution in [0.2, 0.25) is 5.02 Å². The smallest absolute Gasteiger partial charge is 0.238 e. The van der Waals surface area contributed by atoms with Crippen LogP contribution in [0.5, 0.6) is 0 Å². The zero-order valence-electron chi connectivity index (χ0n) is 20.5. The third-order valence-electron chi connectivity index (χ3n) is 6.39. The summed E-state index contributed by atoms with van der Waals surface area (Å²) >= 11 is 6.47. The van der Waals surface area contributed by atoms with Gasteiger partial charge in [0.25, 0.3) is 0 Å². The summed E-state index contributed by atoms with van der Waals surface area (Å²) in [5.74, 6) is -1.85. The van der Waals surface area contributed by atoms with Crippen molar-refractivity contribution in [2.24, 2.45) is 5.14 Å². The number of nitrogens with two attached hydrogens (primary N) is 1. The van der Waals surface area contributed by atoms with Crippen molar-refractivity contribution in [1.82, 2.24) is 0 Å². The maximum Gasteiger partial charge on any atom is 0.238 e. The molecule has 0 amide bonds. The molecule has 196 valence electrons. The van der Waals surface area contributed by atoms with E-state index in [2.05, 4.69) is 5.32 Å². The van der Waals surface area contributed by atoms with Gasteiger partial charge in [0, 0.05) is 28.4 Å². The lowest BCUT2D eigenvalue weighted by Gasteiger charge is -2.15. The average Bonchev–Trinajstić information content (AvgIpc) is 2.89.